The van der Waals surface area contributed by atoms with Gasteiger partial charge in [0.05, 0.1) is 23.7 Å². The van der Waals surface area contributed by atoms with Crippen LogP contribution < -0.4 is 5.32 Å². The van der Waals surface area contributed by atoms with Crippen molar-refractivity contribution in [2.45, 2.75) is 19.9 Å². The van der Waals surface area contributed by atoms with E-state index >= 15 is 0 Å². The number of nitrogens with zero attached hydrogens (tertiary/aromatic N) is 2. The topological polar surface area (TPSA) is 70.7 Å². The van der Waals surface area contributed by atoms with E-state index in [0.29, 0.717) is 12.1 Å². The third-order valence-electron chi connectivity index (χ3n) is 4.25. The zero-order valence-electron chi connectivity index (χ0n) is 13.5. The maximum Gasteiger partial charge on any atom is 0.224 e. The number of H-pyrrole nitrogens is 1. The minimum absolute atomic E-state index is 0.107. The number of carbonyl (C=O) groups is 1. The Labute approximate surface area is 147 Å². The minimum Gasteiger partial charge on any atom is -0.356 e. The number of aromatic nitrogens is 3. The highest BCUT2D eigenvalue weighted by atomic mass is 32.1. The summed E-state index contributed by atoms with van der Waals surface area (Å²) in [6, 6.07) is 10.6. The minimum atomic E-state index is -0.308. The van der Waals surface area contributed by atoms with Gasteiger partial charge in [0.1, 0.15) is 16.9 Å². The fraction of sp³-hybridized carbons (Fsp3) is 0.167. The van der Waals surface area contributed by atoms with Crippen molar-refractivity contribution in [2.75, 3.05) is 0 Å². The first-order valence-electron chi connectivity index (χ1n) is 7.85. The molecule has 0 atom stereocenters. The third-order valence-corrected chi connectivity index (χ3v) is 4.81. The lowest BCUT2D eigenvalue weighted by molar-refractivity contribution is -0.120. The molecule has 4 aromatic rings. The third kappa shape index (κ3) is 2.98. The molecule has 0 unspecified atom stereocenters. The van der Waals surface area contributed by atoms with Gasteiger partial charge in [-0.25, -0.2) is 4.39 Å². The van der Waals surface area contributed by atoms with Crippen molar-refractivity contribution >= 4 is 39.6 Å². The largest absolute Gasteiger partial charge is 0.356 e. The first kappa shape index (κ1) is 15.7. The molecule has 0 bridgehead atoms. The average molecular weight is 354 g/mol. The molecule has 0 spiro atoms. The fourth-order valence-corrected chi connectivity index (χ4v) is 3.47. The number of rotatable bonds is 4. The van der Waals surface area contributed by atoms with Crippen LogP contribution in [-0.2, 0) is 17.8 Å². The monoisotopic (exact) mass is 354 g/mol. The van der Waals surface area contributed by atoms with Crippen LogP contribution in [0, 0.1) is 12.7 Å². The van der Waals surface area contributed by atoms with Crippen LogP contribution in [0.1, 0.15) is 16.8 Å². The van der Waals surface area contributed by atoms with Gasteiger partial charge < -0.3 is 10.3 Å². The quantitative estimate of drug-likeness (QED) is 0.589. The first-order valence-corrected chi connectivity index (χ1v) is 8.58. The Morgan fingerprint density at radius 1 is 1.24 bits per heavy atom. The van der Waals surface area contributed by atoms with E-state index in [4.69, 9.17) is 0 Å². The summed E-state index contributed by atoms with van der Waals surface area (Å²) in [6.45, 7) is 2.27. The van der Waals surface area contributed by atoms with Crippen molar-refractivity contribution in [3.05, 3.63) is 59.0 Å². The van der Waals surface area contributed by atoms with E-state index in [2.05, 4.69) is 19.0 Å². The van der Waals surface area contributed by atoms with Gasteiger partial charge in [-0.1, -0.05) is 18.2 Å². The SMILES string of the molecule is Cc1[nH]c2c(F)cccc2c1CC(=O)NCc1ccc2nsnc2c1. The van der Waals surface area contributed by atoms with Gasteiger partial charge in [0.25, 0.3) is 0 Å². The Balaban J connectivity index is 1.49. The molecule has 0 fully saturated rings. The predicted octanol–water partition coefficient (Wildman–Crippen LogP) is 3.48. The normalized spacial score (nSPS) is 11.3. The number of para-hydroxylation sites is 1. The highest BCUT2D eigenvalue weighted by Gasteiger charge is 2.14. The highest BCUT2D eigenvalue weighted by Crippen LogP contribution is 2.24. The zero-order valence-corrected chi connectivity index (χ0v) is 14.3. The zero-order chi connectivity index (χ0) is 17.4. The van der Waals surface area contributed by atoms with Gasteiger partial charge in [-0.05, 0) is 36.2 Å². The van der Waals surface area contributed by atoms with Crippen LogP contribution in [0.2, 0.25) is 0 Å². The van der Waals surface area contributed by atoms with Crippen molar-refractivity contribution in [3.63, 3.8) is 0 Å². The Morgan fingerprint density at radius 2 is 2.08 bits per heavy atom. The molecule has 7 heteroatoms. The number of nitrogens with one attached hydrogen (secondary N) is 2. The number of halogens is 1. The molecule has 4 rings (SSSR count). The standard InChI is InChI=1S/C18H15FN4OS/c1-10-13(12-3-2-4-14(19)18(12)21-10)8-17(24)20-9-11-5-6-15-16(7-11)23-25-22-15/h2-7,21H,8-9H2,1H3,(H,20,24). The van der Waals surface area contributed by atoms with E-state index in [9.17, 15) is 9.18 Å². The lowest BCUT2D eigenvalue weighted by Crippen LogP contribution is -2.24. The molecule has 5 nitrogen and oxygen atoms in total. The molecule has 0 radical (unpaired) electrons. The van der Waals surface area contributed by atoms with E-state index in [1.165, 1.54) is 17.8 Å². The molecule has 2 N–H and O–H groups in total. The van der Waals surface area contributed by atoms with Crippen LogP contribution in [0.5, 0.6) is 0 Å². The van der Waals surface area contributed by atoms with Gasteiger partial charge in [-0.3, -0.25) is 4.79 Å². The first-order chi connectivity index (χ1) is 12.1. The molecule has 0 saturated heterocycles. The van der Waals surface area contributed by atoms with Crippen LogP contribution >= 0.6 is 11.7 Å². The van der Waals surface area contributed by atoms with Crippen LogP contribution in [0.3, 0.4) is 0 Å². The molecule has 2 heterocycles. The summed E-state index contributed by atoms with van der Waals surface area (Å²) < 4.78 is 22.2. The summed E-state index contributed by atoms with van der Waals surface area (Å²) in [5, 5.41) is 3.66. The number of benzene rings is 2. The molecule has 2 aromatic carbocycles. The van der Waals surface area contributed by atoms with Crippen molar-refractivity contribution in [1.82, 2.24) is 19.0 Å². The molecule has 0 aliphatic heterocycles. The number of fused-ring (bicyclic) bond motifs is 2. The summed E-state index contributed by atoms with van der Waals surface area (Å²) >= 11 is 1.17. The average Bonchev–Trinajstić information content (AvgIpc) is 3.19. The van der Waals surface area contributed by atoms with Gasteiger partial charge in [-0.2, -0.15) is 8.75 Å². The second kappa shape index (κ2) is 6.25. The van der Waals surface area contributed by atoms with Gasteiger partial charge in [-0.15, -0.1) is 0 Å². The predicted molar refractivity (Wildman–Crippen MR) is 96.0 cm³/mol. The van der Waals surface area contributed by atoms with E-state index in [1.807, 2.05) is 31.2 Å². The Kier molecular flexibility index (Phi) is 3.93. The molecular formula is C18H15FN4OS. The Bertz CT molecular complexity index is 1090. The number of hydrogen-bond donors (Lipinski definition) is 2. The Hall–Kier alpha value is -2.80. The summed E-state index contributed by atoms with van der Waals surface area (Å²) in [4.78, 5) is 15.4. The van der Waals surface area contributed by atoms with Crippen LogP contribution in [0.4, 0.5) is 4.39 Å². The molecule has 0 aliphatic carbocycles. The number of amides is 1. The highest BCUT2D eigenvalue weighted by molar-refractivity contribution is 7.00. The van der Waals surface area contributed by atoms with E-state index in [1.54, 1.807) is 6.07 Å². The molecular weight excluding hydrogens is 339 g/mol. The van der Waals surface area contributed by atoms with Gasteiger partial charge in [0.2, 0.25) is 5.91 Å². The molecule has 25 heavy (non-hydrogen) atoms. The second-order valence-corrected chi connectivity index (χ2v) is 6.46. The molecule has 1 amide bonds. The number of aryl methyl sites for hydroxylation is 1. The van der Waals surface area contributed by atoms with Crippen molar-refractivity contribution in [3.8, 4) is 0 Å². The lowest BCUT2D eigenvalue weighted by Gasteiger charge is -2.06. The number of carbonyl (C=O) groups excluding carboxylic acids is 1. The van der Waals surface area contributed by atoms with Gasteiger partial charge in [0.15, 0.2) is 0 Å². The van der Waals surface area contributed by atoms with Crippen molar-refractivity contribution in [2.24, 2.45) is 0 Å². The van der Waals surface area contributed by atoms with Crippen LogP contribution in [0.25, 0.3) is 21.9 Å². The Morgan fingerprint density at radius 3 is 2.96 bits per heavy atom. The maximum absolute atomic E-state index is 13.8. The molecule has 2 aromatic heterocycles. The van der Waals surface area contributed by atoms with E-state index in [-0.39, 0.29) is 18.1 Å². The van der Waals surface area contributed by atoms with Crippen molar-refractivity contribution < 1.29 is 9.18 Å². The molecule has 126 valence electrons. The summed E-state index contributed by atoms with van der Waals surface area (Å²) in [5.74, 6) is -0.415. The number of hydrogen-bond acceptors (Lipinski definition) is 4. The second-order valence-electron chi connectivity index (χ2n) is 5.93. The molecule has 0 aliphatic rings. The summed E-state index contributed by atoms with van der Waals surface area (Å²) in [5.41, 5.74) is 4.74. The van der Waals surface area contributed by atoms with Crippen LogP contribution in [0.15, 0.2) is 36.4 Å². The summed E-state index contributed by atoms with van der Waals surface area (Å²) in [6.07, 6.45) is 0.204. The van der Waals surface area contributed by atoms with E-state index in [0.717, 1.165) is 33.2 Å². The van der Waals surface area contributed by atoms with Gasteiger partial charge >= 0.3 is 0 Å². The van der Waals surface area contributed by atoms with Crippen LogP contribution in [-0.4, -0.2) is 19.6 Å². The maximum atomic E-state index is 13.8. The lowest BCUT2D eigenvalue weighted by atomic mass is 10.1. The van der Waals surface area contributed by atoms with Crippen molar-refractivity contribution in [1.29, 1.82) is 0 Å². The van der Waals surface area contributed by atoms with E-state index < -0.39 is 0 Å². The summed E-state index contributed by atoms with van der Waals surface area (Å²) in [7, 11) is 0. The fourth-order valence-electron chi connectivity index (χ4n) is 2.96. The smallest absolute Gasteiger partial charge is 0.224 e. The molecule has 0 saturated carbocycles. The number of aromatic amines is 1. The van der Waals surface area contributed by atoms with Gasteiger partial charge in [0, 0.05) is 17.6 Å².